The quantitative estimate of drug-likeness (QED) is 0.481. The number of alkyl halides is 3. The van der Waals surface area contributed by atoms with Crippen molar-refractivity contribution in [2.24, 2.45) is 5.92 Å². The van der Waals surface area contributed by atoms with Gasteiger partial charge in [-0.1, -0.05) is 0 Å². The first kappa shape index (κ1) is 24.1. The summed E-state index contributed by atoms with van der Waals surface area (Å²) in [5.41, 5.74) is 2.72. The smallest absolute Gasteiger partial charge is 0.299 e. The van der Waals surface area contributed by atoms with Gasteiger partial charge in [-0.2, -0.15) is 13.2 Å². The molecule has 0 unspecified atom stereocenters. The summed E-state index contributed by atoms with van der Waals surface area (Å²) in [5, 5.41) is 4.30. The van der Waals surface area contributed by atoms with E-state index in [9.17, 15) is 18.0 Å². The van der Waals surface area contributed by atoms with Crippen molar-refractivity contribution < 1.29 is 18.0 Å². The van der Waals surface area contributed by atoms with Gasteiger partial charge >= 0.3 is 0 Å². The van der Waals surface area contributed by atoms with Crippen molar-refractivity contribution in [1.82, 2.24) is 24.0 Å². The van der Waals surface area contributed by atoms with Crippen LogP contribution in [0.15, 0.2) is 23.2 Å². The van der Waals surface area contributed by atoms with E-state index in [-0.39, 0.29) is 37.3 Å². The SMILES string of the molecule is CN1CC[C@@H](Nc2ccc3n4c(c(-c5nsc(CNC(=O)C6CC6)n5)cc24)SC(F)(F)CC3)[C@@H](F)C1. The van der Waals surface area contributed by atoms with E-state index in [2.05, 4.69) is 20.0 Å². The molecule has 1 saturated heterocycles. The largest absolute Gasteiger partial charge is 0.378 e. The summed E-state index contributed by atoms with van der Waals surface area (Å²) >= 11 is 1.68. The number of hydrogen-bond donors (Lipinski definition) is 2. The lowest BCUT2D eigenvalue weighted by Gasteiger charge is -2.33. The summed E-state index contributed by atoms with van der Waals surface area (Å²) in [6.07, 6.45) is 1.41. The van der Waals surface area contributed by atoms with Crippen LogP contribution in [0.25, 0.3) is 16.9 Å². The number of likely N-dealkylation sites (tertiary alicyclic amines) is 1. The van der Waals surface area contributed by atoms with E-state index in [0.29, 0.717) is 57.4 Å². The molecule has 2 fully saturated rings. The van der Waals surface area contributed by atoms with Crippen molar-refractivity contribution in [3.63, 3.8) is 0 Å². The maximum atomic E-state index is 14.8. The van der Waals surface area contributed by atoms with Gasteiger partial charge in [0.05, 0.1) is 34.4 Å². The molecule has 2 atom stereocenters. The first-order chi connectivity index (χ1) is 17.3. The number of anilines is 1. The molecular formula is C24H27F3N6OS2. The zero-order valence-corrected chi connectivity index (χ0v) is 21.4. The zero-order chi connectivity index (χ0) is 25.0. The highest BCUT2D eigenvalue weighted by atomic mass is 32.2. The van der Waals surface area contributed by atoms with Crippen LogP contribution >= 0.6 is 23.3 Å². The van der Waals surface area contributed by atoms with E-state index >= 15 is 0 Å². The summed E-state index contributed by atoms with van der Waals surface area (Å²) < 4.78 is 50.6. The van der Waals surface area contributed by atoms with Gasteiger partial charge < -0.3 is 19.9 Å². The topological polar surface area (TPSA) is 74.6 Å². The van der Waals surface area contributed by atoms with Gasteiger partial charge in [-0.25, -0.2) is 9.37 Å². The first-order valence-electron chi connectivity index (χ1n) is 12.2. The van der Waals surface area contributed by atoms with Crippen LogP contribution in [-0.2, 0) is 17.8 Å². The molecule has 0 aromatic carbocycles. The second kappa shape index (κ2) is 9.21. The molecule has 3 aromatic heterocycles. The monoisotopic (exact) mass is 536 g/mol. The van der Waals surface area contributed by atoms with E-state index in [0.717, 1.165) is 36.6 Å². The van der Waals surface area contributed by atoms with Crippen LogP contribution in [0.5, 0.6) is 0 Å². The number of thioether (sulfide) groups is 1. The Balaban J connectivity index is 1.36. The molecule has 7 nitrogen and oxygen atoms in total. The molecule has 192 valence electrons. The number of pyridine rings is 1. The van der Waals surface area contributed by atoms with Gasteiger partial charge in [-0.15, -0.1) is 0 Å². The maximum absolute atomic E-state index is 14.8. The number of hydrogen-bond acceptors (Lipinski definition) is 7. The van der Waals surface area contributed by atoms with Crippen LogP contribution in [0.1, 0.15) is 36.4 Å². The van der Waals surface area contributed by atoms with Gasteiger partial charge in [0.1, 0.15) is 11.2 Å². The molecule has 3 aliphatic rings. The molecule has 5 heterocycles. The highest BCUT2D eigenvalue weighted by molar-refractivity contribution is 8.00. The van der Waals surface area contributed by atoms with Crippen LogP contribution < -0.4 is 10.6 Å². The number of halogens is 3. The molecule has 2 N–H and O–H groups in total. The Morgan fingerprint density at radius 2 is 2.11 bits per heavy atom. The number of carbonyl (C=O) groups is 1. The highest BCUT2D eigenvalue weighted by Crippen LogP contribution is 2.48. The third-order valence-corrected chi connectivity index (χ3v) is 8.84. The number of aromatic nitrogens is 3. The Morgan fingerprint density at radius 3 is 2.89 bits per heavy atom. The molecule has 3 aromatic rings. The molecule has 0 spiro atoms. The standard InChI is InChI=1S/C24H27F3N6OS2/c1-32-9-7-17(16(25)12-32)29-18-5-4-14-6-8-24(26,27)35-23-15(10-19(18)33(14)23)21-30-20(36-31-21)11-28-22(34)13-2-3-13/h4-5,10,13,16-17,29H,2-3,6-9,11-12H2,1H3,(H,28,34)/t16-,17+/m0/s1. The lowest BCUT2D eigenvalue weighted by Crippen LogP contribution is -2.46. The average molecular weight is 537 g/mol. The van der Waals surface area contributed by atoms with Crippen LogP contribution in [0, 0.1) is 5.92 Å². The third kappa shape index (κ3) is 4.70. The fourth-order valence-electron chi connectivity index (χ4n) is 4.87. The minimum absolute atomic E-state index is 0.0172. The third-order valence-electron chi connectivity index (χ3n) is 7.04. The Hall–Kier alpha value is -2.31. The maximum Gasteiger partial charge on any atom is 0.299 e. The molecular weight excluding hydrogens is 509 g/mol. The molecule has 1 saturated carbocycles. The van der Waals surface area contributed by atoms with Gasteiger partial charge in [-0.3, -0.25) is 4.79 Å². The van der Waals surface area contributed by atoms with Crippen LogP contribution in [0.2, 0.25) is 0 Å². The first-order valence-corrected chi connectivity index (χ1v) is 13.8. The minimum Gasteiger partial charge on any atom is -0.378 e. The molecule has 2 aliphatic heterocycles. The van der Waals surface area contributed by atoms with Gasteiger partial charge in [-0.05, 0) is 74.2 Å². The van der Waals surface area contributed by atoms with Crippen molar-refractivity contribution in [2.45, 2.75) is 61.1 Å². The second-order valence-electron chi connectivity index (χ2n) is 9.88. The molecule has 0 bridgehead atoms. The highest BCUT2D eigenvalue weighted by Gasteiger charge is 2.37. The normalized spacial score (nSPS) is 24.0. The van der Waals surface area contributed by atoms with Crippen LogP contribution in [0.4, 0.5) is 18.9 Å². The van der Waals surface area contributed by atoms with Crippen molar-refractivity contribution in [1.29, 1.82) is 0 Å². The fraction of sp³-hybridized carbons (Fsp3) is 0.542. The number of carbonyl (C=O) groups excluding carboxylic acids is 1. The summed E-state index contributed by atoms with van der Waals surface area (Å²) in [6.45, 7) is 1.41. The van der Waals surface area contributed by atoms with E-state index in [4.69, 9.17) is 0 Å². The number of aryl methyl sites for hydroxylation is 1. The van der Waals surface area contributed by atoms with Gasteiger partial charge in [0, 0.05) is 31.1 Å². The second-order valence-corrected chi connectivity index (χ2v) is 11.9. The fourth-order valence-corrected chi connectivity index (χ4v) is 6.52. The summed E-state index contributed by atoms with van der Waals surface area (Å²) in [5.74, 6) is 0.474. The molecule has 6 rings (SSSR count). The number of rotatable bonds is 6. The molecule has 1 amide bonds. The van der Waals surface area contributed by atoms with Crippen LogP contribution in [-0.4, -0.2) is 62.2 Å². The number of nitrogens with zero attached hydrogens (tertiary/aromatic N) is 4. The van der Waals surface area contributed by atoms with Crippen molar-refractivity contribution >= 4 is 40.4 Å². The van der Waals surface area contributed by atoms with Crippen molar-refractivity contribution in [3.05, 3.63) is 28.9 Å². The van der Waals surface area contributed by atoms with Crippen molar-refractivity contribution in [2.75, 3.05) is 25.5 Å². The number of nitrogens with one attached hydrogen (secondary N) is 2. The van der Waals surface area contributed by atoms with E-state index in [1.54, 1.807) is 0 Å². The summed E-state index contributed by atoms with van der Waals surface area (Å²) in [7, 11) is 1.90. The van der Waals surface area contributed by atoms with Crippen molar-refractivity contribution in [3.8, 4) is 11.4 Å². The molecule has 12 heteroatoms. The Labute approximate surface area is 215 Å². The van der Waals surface area contributed by atoms with E-state index < -0.39 is 11.4 Å². The minimum atomic E-state index is -2.94. The lowest BCUT2D eigenvalue weighted by atomic mass is 10.0. The number of amides is 1. The Morgan fingerprint density at radius 1 is 1.28 bits per heavy atom. The van der Waals surface area contributed by atoms with Crippen LogP contribution in [0.3, 0.4) is 0 Å². The average Bonchev–Trinajstić information content (AvgIpc) is 3.51. The predicted octanol–water partition coefficient (Wildman–Crippen LogP) is 4.57. The van der Waals surface area contributed by atoms with E-state index in [1.807, 2.05) is 34.5 Å². The van der Waals surface area contributed by atoms with Gasteiger partial charge in [0.15, 0.2) is 5.82 Å². The molecule has 36 heavy (non-hydrogen) atoms. The lowest BCUT2D eigenvalue weighted by molar-refractivity contribution is -0.122. The Kier molecular flexibility index (Phi) is 6.16. The molecule has 1 aliphatic carbocycles. The Bertz CT molecular complexity index is 1310. The number of piperidine rings is 1. The van der Waals surface area contributed by atoms with Gasteiger partial charge in [0.25, 0.3) is 5.25 Å². The zero-order valence-electron chi connectivity index (χ0n) is 19.8. The van der Waals surface area contributed by atoms with E-state index in [1.165, 1.54) is 0 Å². The predicted molar refractivity (Wildman–Crippen MR) is 134 cm³/mol. The van der Waals surface area contributed by atoms with Gasteiger partial charge in [0.2, 0.25) is 5.91 Å². The molecule has 0 radical (unpaired) electrons. The summed E-state index contributed by atoms with van der Waals surface area (Å²) in [4.78, 5) is 18.5. The summed E-state index contributed by atoms with van der Waals surface area (Å²) in [6, 6.07) is 5.19.